The average molecular weight is 618 g/mol. The van der Waals surface area contributed by atoms with Crippen molar-refractivity contribution in [2.24, 2.45) is 0 Å². The molecule has 6 nitrogen and oxygen atoms in total. The molecular weight excluding hydrogens is 591 g/mol. The highest BCUT2D eigenvalue weighted by Gasteiger charge is 2.33. The largest absolute Gasteiger partial charge is 0.490 e. The molecule has 1 fully saturated rings. The van der Waals surface area contributed by atoms with Crippen LogP contribution in [-0.4, -0.2) is 23.4 Å². The second-order valence-electron chi connectivity index (χ2n) is 9.06. The molecule has 192 valence electrons. The number of ether oxygens (including phenoxy) is 2. The maximum Gasteiger partial charge on any atom is 0.329 e. The Bertz CT molecular complexity index is 1540. The van der Waals surface area contributed by atoms with Crippen LogP contribution < -0.4 is 14.8 Å². The molecular formula is C31H27IN2O4. The number of rotatable bonds is 8. The van der Waals surface area contributed by atoms with Gasteiger partial charge in [0.15, 0.2) is 11.5 Å². The number of carbonyl (C=O) groups is 2. The van der Waals surface area contributed by atoms with E-state index in [0.29, 0.717) is 24.7 Å². The SMILES string of the molecule is CCOc1cc(/C=C2/NC(=O)N(Cc3ccc(C)cc3)C2=O)cc(I)c1OCc1cccc2ccccc12. The van der Waals surface area contributed by atoms with Crippen molar-refractivity contribution in [2.75, 3.05) is 6.61 Å². The van der Waals surface area contributed by atoms with E-state index in [0.717, 1.165) is 36.6 Å². The Morgan fingerprint density at radius 2 is 1.71 bits per heavy atom. The highest BCUT2D eigenvalue weighted by molar-refractivity contribution is 14.1. The first-order valence-electron chi connectivity index (χ1n) is 12.4. The second kappa shape index (κ2) is 11.3. The molecule has 0 unspecified atom stereocenters. The number of hydrogen-bond acceptors (Lipinski definition) is 4. The van der Waals surface area contributed by atoms with Gasteiger partial charge in [-0.2, -0.15) is 0 Å². The molecule has 5 rings (SSSR count). The highest BCUT2D eigenvalue weighted by atomic mass is 127. The third-order valence-electron chi connectivity index (χ3n) is 6.32. The maximum atomic E-state index is 13.0. The van der Waals surface area contributed by atoms with Gasteiger partial charge < -0.3 is 14.8 Å². The number of imide groups is 1. The van der Waals surface area contributed by atoms with Crippen LogP contribution in [0.3, 0.4) is 0 Å². The average Bonchev–Trinajstić information content (AvgIpc) is 3.17. The van der Waals surface area contributed by atoms with Crippen molar-refractivity contribution < 1.29 is 19.1 Å². The van der Waals surface area contributed by atoms with Crippen molar-refractivity contribution in [3.8, 4) is 11.5 Å². The van der Waals surface area contributed by atoms with Crippen molar-refractivity contribution in [2.45, 2.75) is 27.0 Å². The van der Waals surface area contributed by atoms with Crippen molar-refractivity contribution in [3.63, 3.8) is 0 Å². The van der Waals surface area contributed by atoms with Gasteiger partial charge in [0.1, 0.15) is 12.3 Å². The van der Waals surface area contributed by atoms with Crippen LogP contribution in [0, 0.1) is 10.5 Å². The Labute approximate surface area is 235 Å². The number of aryl methyl sites for hydroxylation is 1. The summed E-state index contributed by atoms with van der Waals surface area (Å²) in [6, 6.07) is 25.5. The summed E-state index contributed by atoms with van der Waals surface area (Å²) in [6.45, 7) is 4.97. The summed E-state index contributed by atoms with van der Waals surface area (Å²) in [4.78, 5) is 26.8. The Kier molecular flexibility index (Phi) is 7.64. The molecule has 1 heterocycles. The number of amides is 3. The third-order valence-corrected chi connectivity index (χ3v) is 7.12. The number of fused-ring (bicyclic) bond motifs is 1. The molecule has 3 amide bonds. The Hall–Kier alpha value is -3.85. The predicted octanol–water partition coefficient (Wildman–Crippen LogP) is 6.82. The zero-order valence-electron chi connectivity index (χ0n) is 21.2. The fourth-order valence-electron chi connectivity index (χ4n) is 4.40. The summed E-state index contributed by atoms with van der Waals surface area (Å²) in [5.41, 5.74) is 4.05. The van der Waals surface area contributed by atoms with Crippen molar-refractivity contribution in [1.82, 2.24) is 10.2 Å². The molecule has 0 spiro atoms. The molecule has 0 aromatic heterocycles. The maximum absolute atomic E-state index is 13.0. The first-order valence-corrected chi connectivity index (χ1v) is 13.5. The zero-order valence-corrected chi connectivity index (χ0v) is 23.3. The normalized spacial score (nSPS) is 14.3. The lowest BCUT2D eigenvalue weighted by atomic mass is 10.1. The van der Waals surface area contributed by atoms with Crippen LogP contribution in [0.25, 0.3) is 16.8 Å². The molecule has 0 atom stereocenters. The summed E-state index contributed by atoms with van der Waals surface area (Å²) >= 11 is 2.21. The fourth-order valence-corrected chi connectivity index (χ4v) is 5.18. The van der Waals surface area contributed by atoms with Gasteiger partial charge in [-0.25, -0.2) is 4.79 Å². The fraction of sp³-hybridized carbons (Fsp3) is 0.161. The molecule has 0 bridgehead atoms. The molecule has 38 heavy (non-hydrogen) atoms. The molecule has 1 N–H and O–H groups in total. The molecule has 1 saturated heterocycles. The minimum absolute atomic E-state index is 0.213. The van der Waals surface area contributed by atoms with E-state index in [-0.39, 0.29) is 18.1 Å². The van der Waals surface area contributed by atoms with E-state index in [1.165, 1.54) is 4.90 Å². The Morgan fingerprint density at radius 1 is 0.947 bits per heavy atom. The minimum atomic E-state index is -0.434. The predicted molar refractivity (Wildman–Crippen MR) is 157 cm³/mol. The van der Waals surface area contributed by atoms with Gasteiger partial charge in [-0.15, -0.1) is 0 Å². The summed E-state index contributed by atoms with van der Waals surface area (Å²) in [5, 5.41) is 5.02. The van der Waals surface area contributed by atoms with Gasteiger partial charge in [0.05, 0.1) is 16.7 Å². The van der Waals surface area contributed by atoms with Crippen molar-refractivity contribution in [1.29, 1.82) is 0 Å². The quantitative estimate of drug-likeness (QED) is 0.134. The van der Waals surface area contributed by atoms with Crippen molar-refractivity contribution in [3.05, 3.63) is 110 Å². The van der Waals surface area contributed by atoms with E-state index in [9.17, 15) is 9.59 Å². The molecule has 4 aromatic carbocycles. The van der Waals surface area contributed by atoms with Gasteiger partial charge in [-0.1, -0.05) is 72.3 Å². The first-order chi connectivity index (χ1) is 18.4. The van der Waals surface area contributed by atoms with Crippen LogP contribution >= 0.6 is 22.6 Å². The van der Waals surface area contributed by atoms with Crippen LogP contribution in [0.1, 0.15) is 29.2 Å². The topological polar surface area (TPSA) is 67.9 Å². The van der Waals surface area contributed by atoms with Crippen molar-refractivity contribution >= 4 is 51.4 Å². The van der Waals surface area contributed by atoms with Gasteiger partial charge in [-0.05, 0) is 82.1 Å². The Balaban J connectivity index is 1.38. The second-order valence-corrected chi connectivity index (χ2v) is 10.2. The zero-order chi connectivity index (χ0) is 26.6. The number of hydrogen-bond donors (Lipinski definition) is 1. The van der Waals surface area contributed by atoms with Crippen LogP contribution in [0.2, 0.25) is 0 Å². The van der Waals surface area contributed by atoms with Gasteiger partial charge in [0.25, 0.3) is 5.91 Å². The summed E-state index contributed by atoms with van der Waals surface area (Å²) < 4.78 is 13.0. The minimum Gasteiger partial charge on any atom is -0.490 e. The van der Waals surface area contributed by atoms with Gasteiger partial charge in [0.2, 0.25) is 0 Å². The molecule has 1 aliphatic rings. The van der Waals surface area contributed by atoms with Gasteiger partial charge >= 0.3 is 6.03 Å². The van der Waals surface area contributed by atoms with Crippen LogP contribution in [0.4, 0.5) is 4.79 Å². The van der Waals surface area contributed by atoms with Gasteiger partial charge in [-0.3, -0.25) is 9.69 Å². The lowest BCUT2D eigenvalue weighted by Crippen LogP contribution is -2.30. The number of nitrogens with one attached hydrogen (secondary N) is 1. The van der Waals surface area contributed by atoms with E-state index in [2.05, 4.69) is 52.2 Å². The van der Waals surface area contributed by atoms with Gasteiger partial charge in [0, 0.05) is 0 Å². The summed E-state index contributed by atoms with van der Waals surface area (Å²) in [7, 11) is 0. The van der Waals surface area contributed by atoms with E-state index in [1.54, 1.807) is 6.08 Å². The van der Waals surface area contributed by atoms with Crippen LogP contribution in [0.5, 0.6) is 11.5 Å². The summed E-state index contributed by atoms with van der Waals surface area (Å²) in [5.74, 6) is 0.866. The first kappa shape index (κ1) is 25.8. The van der Waals surface area contributed by atoms with Crippen LogP contribution in [-0.2, 0) is 17.9 Å². The summed E-state index contributed by atoms with van der Waals surface area (Å²) in [6.07, 6.45) is 1.68. The van der Waals surface area contributed by atoms with E-state index >= 15 is 0 Å². The van der Waals surface area contributed by atoms with E-state index < -0.39 is 6.03 Å². The molecule has 0 aliphatic carbocycles. The van der Waals surface area contributed by atoms with Crippen LogP contribution in [0.15, 0.2) is 84.6 Å². The molecule has 0 radical (unpaired) electrons. The highest BCUT2D eigenvalue weighted by Crippen LogP contribution is 2.36. The lowest BCUT2D eigenvalue weighted by molar-refractivity contribution is -0.123. The molecule has 1 aliphatic heterocycles. The molecule has 0 saturated carbocycles. The Morgan fingerprint density at radius 3 is 2.50 bits per heavy atom. The molecule has 7 heteroatoms. The number of halogens is 1. The van der Waals surface area contributed by atoms with E-state index in [4.69, 9.17) is 9.47 Å². The smallest absolute Gasteiger partial charge is 0.329 e. The third kappa shape index (κ3) is 5.52. The number of urea groups is 1. The number of carbonyl (C=O) groups excluding carboxylic acids is 2. The van der Waals surface area contributed by atoms with E-state index in [1.807, 2.05) is 68.4 Å². The standard InChI is InChI=1S/C31H27IN2O4/c1-3-37-28-17-22(16-27-30(35)34(31(36)33-27)18-21-13-11-20(2)12-14-21)15-26(32)29(28)38-19-24-9-6-8-23-7-4-5-10-25(23)24/h4-17H,3,18-19H2,1-2H3,(H,33,36)/b27-16+. The molecule has 4 aromatic rings. The monoisotopic (exact) mass is 618 g/mol. The number of benzene rings is 4. The number of nitrogens with zero attached hydrogens (tertiary/aromatic N) is 1. The lowest BCUT2D eigenvalue weighted by Gasteiger charge is -2.16.